The Labute approximate surface area is 293 Å². The fourth-order valence-electron chi connectivity index (χ4n) is 6.36. The summed E-state index contributed by atoms with van der Waals surface area (Å²) >= 11 is 0. The molecular formula is C39H41N6O4Si+. The molecule has 2 heterocycles. The molecule has 0 bridgehead atoms. The van der Waals surface area contributed by atoms with Gasteiger partial charge >= 0.3 is 12.0 Å². The number of carbonyl (C=O) groups excluding carboxylic acids is 1. The molecule has 254 valence electrons. The number of aromatic nitrogens is 2. The number of nitrogens with one attached hydrogen (secondary N) is 1. The normalized spacial score (nSPS) is 14.4. The number of hydrogen-bond acceptors (Lipinski definition) is 7. The van der Waals surface area contributed by atoms with Crippen molar-refractivity contribution in [2.45, 2.75) is 26.2 Å². The van der Waals surface area contributed by atoms with Crippen molar-refractivity contribution >= 4 is 47.9 Å². The van der Waals surface area contributed by atoms with Gasteiger partial charge in [-0.15, -0.1) is 0 Å². The highest BCUT2D eigenvalue weighted by Crippen LogP contribution is 2.43. The second kappa shape index (κ2) is 13.6. The van der Waals surface area contributed by atoms with Crippen LogP contribution in [0.15, 0.2) is 102 Å². The molecule has 0 atom stereocenters. The Bertz CT molecular complexity index is 2140. The van der Waals surface area contributed by atoms with Gasteiger partial charge in [-0.25, -0.2) is 14.4 Å². The predicted molar refractivity (Wildman–Crippen MR) is 200 cm³/mol. The average molecular weight is 686 g/mol. The first-order valence-corrected chi connectivity index (χ1v) is 19.3. The standard InChI is InChI=1S/C39H40N6O4Si/c1-44(2)27-12-15-30-33(20-27)50(5,6)34-21-28(45(3)4)13-16-31(34)36(30)32-19-26(11-14-29(32)38(47)48)37(46)42-22-24-7-9-25(10-8-24)23-49-39-41-18-17-35(40)43-39/h7-21H,22-23H2,1-6H3,(H3-,40,41,42,43,46,47,48)/p+1. The van der Waals surface area contributed by atoms with E-state index in [1.165, 1.54) is 22.6 Å². The number of nitrogens with zero attached hydrogens (tertiary/aromatic N) is 4. The zero-order valence-corrected chi connectivity index (χ0v) is 30.1. The van der Waals surface area contributed by atoms with Gasteiger partial charge in [0, 0.05) is 50.2 Å². The molecule has 10 nitrogen and oxygen atoms in total. The van der Waals surface area contributed by atoms with Gasteiger partial charge in [-0.2, -0.15) is 4.98 Å². The van der Waals surface area contributed by atoms with Gasteiger partial charge in [-0.1, -0.05) is 43.4 Å². The largest absolute Gasteiger partial charge is 0.478 e. The number of carboxylic acid groups (broad SMARTS) is 1. The quantitative estimate of drug-likeness (QED) is 0.169. The van der Waals surface area contributed by atoms with Crippen molar-refractivity contribution in [2.75, 3.05) is 38.8 Å². The van der Waals surface area contributed by atoms with Gasteiger partial charge in [0.05, 0.1) is 5.56 Å². The number of benzene rings is 3. The van der Waals surface area contributed by atoms with Gasteiger partial charge < -0.3 is 25.8 Å². The number of amides is 1. The predicted octanol–water partition coefficient (Wildman–Crippen LogP) is 4.81. The van der Waals surface area contributed by atoms with Crippen molar-refractivity contribution in [2.24, 2.45) is 0 Å². The van der Waals surface area contributed by atoms with Crippen LogP contribution in [-0.4, -0.2) is 73.5 Å². The van der Waals surface area contributed by atoms with Crippen molar-refractivity contribution in [1.29, 1.82) is 0 Å². The fraction of sp³-hybridized carbons (Fsp3) is 0.205. The lowest BCUT2D eigenvalue weighted by molar-refractivity contribution is -0.462. The number of nitrogen functional groups attached to an aromatic ring is 1. The van der Waals surface area contributed by atoms with Crippen LogP contribution >= 0.6 is 0 Å². The van der Waals surface area contributed by atoms with Crippen molar-refractivity contribution in [3.05, 3.63) is 135 Å². The van der Waals surface area contributed by atoms with E-state index >= 15 is 0 Å². The summed E-state index contributed by atoms with van der Waals surface area (Å²) in [7, 11) is 5.85. The Morgan fingerprint density at radius 3 is 2.38 bits per heavy atom. The third kappa shape index (κ3) is 6.72. The number of aromatic carboxylic acids is 1. The van der Waals surface area contributed by atoms with Gasteiger partial charge in [0.2, 0.25) is 0 Å². The van der Waals surface area contributed by atoms with E-state index in [1.807, 2.05) is 52.5 Å². The van der Waals surface area contributed by atoms with Crippen LogP contribution in [-0.2, 0) is 13.2 Å². The minimum Gasteiger partial charge on any atom is -0.478 e. The third-order valence-electron chi connectivity index (χ3n) is 9.20. The second-order valence-electron chi connectivity index (χ2n) is 13.4. The fourth-order valence-corrected chi connectivity index (χ4v) is 9.43. The zero-order valence-electron chi connectivity index (χ0n) is 29.1. The van der Waals surface area contributed by atoms with Crippen molar-refractivity contribution in [3.8, 4) is 6.01 Å². The molecule has 0 saturated carbocycles. The molecule has 11 heteroatoms. The molecule has 1 amide bonds. The van der Waals surface area contributed by atoms with Gasteiger partial charge in [-0.05, 0) is 86.3 Å². The lowest BCUT2D eigenvalue weighted by atomic mass is 9.86. The number of hydrogen-bond donors (Lipinski definition) is 3. The van der Waals surface area contributed by atoms with Crippen LogP contribution in [0.3, 0.4) is 0 Å². The number of nitrogens with two attached hydrogens (primary N) is 1. The van der Waals surface area contributed by atoms with E-state index in [-0.39, 0.29) is 30.6 Å². The number of rotatable bonds is 9. The van der Waals surface area contributed by atoms with Gasteiger partial charge in [-0.3, -0.25) is 4.79 Å². The smallest absolute Gasteiger partial charge is 0.336 e. The number of allylic oxidation sites excluding steroid dienone is 5. The Balaban J connectivity index is 1.33. The van der Waals surface area contributed by atoms with E-state index in [2.05, 4.69) is 74.3 Å². The summed E-state index contributed by atoms with van der Waals surface area (Å²) < 4.78 is 7.71. The third-order valence-corrected chi connectivity index (χ3v) is 12.7. The average Bonchev–Trinajstić information content (AvgIpc) is 3.09. The summed E-state index contributed by atoms with van der Waals surface area (Å²) in [6.45, 7) is 5.25. The molecule has 2 aliphatic rings. The maximum Gasteiger partial charge on any atom is 0.336 e. The lowest BCUT2D eigenvalue weighted by Gasteiger charge is -2.38. The van der Waals surface area contributed by atoms with Crippen molar-refractivity contribution in [3.63, 3.8) is 0 Å². The topological polar surface area (TPSA) is 134 Å². The van der Waals surface area contributed by atoms with Crippen LogP contribution in [0.4, 0.5) is 11.5 Å². The van der Waals surface area contributed by atoms with Crippen LogP contribution < -0.4 is 25.9 Å². The van der Waals surface area contributed by atoms with Gasteiger partial charge in [0.1, 0.15) is 34.6 Å². The van der Waals surface area contributed by atoms with Crippen molar-refractivity contribution < 1.29 is 24.0 Å². The first-order chi connectivity index (χ1) is 23.8. The van der Waals surface area contributed by atoms with Crippen LogP contribution in [0.5, 0.6) is 6.01 Å². The van der Waals surface area contributed by atoms with Crippen LogP contribution in [0.1, 0.15) is 43.0 Å². The number of fused-ring (bicyclic) bond motifs is 2. The molecule has 0 radical (unpaired) electrons. The summed E-state index contributed by atoms with van der Waals surface area (Å²) in [5.74, 6) is -1.02. The van der Waals surface area contributed by atoms with Crippen LogP contribution in [0.2, 0.25) is 13.1 Å². The van der Waals surface area contributed by atoms with Gasteiger partial charge in [0.25, 0.3) is 5.91 Å². The number of ether oxygens (including phenoxy) is 1. The first kappa shape index (κ1) is 34.1. The molecule has 0 saturated heterocycles. The molecular weight excluding hydrogens is 645 g/mol. The Morgan fingerprint density at radius 1 is 0.960 bits per heavy atom. The molecule has 0 spiro atoms. The Morgan fingerprint density at radius 2 is 1.70 bits per heavy atom. The number of carboxylic acids is 1. The number of carbonyl (C=O) groups is 2. The van der Waals surface area contributed by atoms with Crippen molar-refractivity contribution in [1.82, 2.24) is 15.3 Å². The zero-order chi connectivity index (χ0) is 35.7. The maximum absolute atomic E-state index is 13.6. The summed E-state index contributed by atoms with van der Waals surface area (Å²) in [4.78, 5) is 36.5. The van der Waals surface area contributed by atoms with E-state index < -0.39 is 14.0 Å². The molecule has 1 aliphatic heterocycles. The highest BCUT2D eigenvalue weighted by molar-refractivity contribution is 6.98. The summed E-state index contributed by atoms with van der Waals surface area (Å²) in [5, 5.41) is 15.9. The highest BCUT2D eigenvalue weighted by atomic mass is 28.3. The molecule has 0 fully saturated rings. The van der Waals surface area contributed by atoms with Crippen LogP contribution in [0.25, 0.3) is 5.57 Å². The van der Waals surface area contributed by atoms with E-state index in [9.17, 15) is 14.7 Å². The monoisotopic (exact) mass is 685 g/mol. The van der Waals surface area contributed by atoms with Gasteiger partial charge in [0.15, 0.2) is 5.71 Å². The summed E-state index contributed by atoms with van der Waals surface area (Å²) in [6, 6.07) is 20.7. The van der Waals surface area contributed by atoms with E-state index in [4.69, 9.17) is 10.5 Å². The molecule has 1 aliphatic carbocycles. The maximum atomic E-state index is 13.6. The molecule has 4 aromatic rings. The Kier molecular flexibility index (Phi) is 9.26. The lowest BCUT2D eigenvalue weighted by Crippen LogP contribution is -2.49. The Hall–Kier alpha value is -5.81. The molecule has 6 rings (SSSR count). The first-order valence-electron chi connectivity index (χ1n) is 16.3. The van der Waals surface area contributed by atoms with E-state index in [0.29, 0.717) is 16.9 Å². The summed E-state index contributed by atoms with van der Waals surface area (Å²) in [6.07, 6.45) is 7.96. The molecule has 0 unspecified atom stereocenters. The van der Waals surface area contributed by atoms with Crippen LogP contribution in [0, 0.1) is 0 Å². The van der Waals surface area contributed by atoms with E-state index in [0.717, 1.165) is 39.2 Å². The SMILES string of the molecule is CN(C)c1ccc2c(c1)[Si](C)(C)C1=CC(=[N+](C)C)C=CC1=C2c1cc(C(=O)NCc2ccc(COc3nccc(N)n3)cc2)ccc1C(=O)O. The van der Waals surface area contributed by atoms with E-state index in [1.54, 1.807) is 18.2 Å². The minimum atomic E-state index is -2.24. The molecule has 1 aromatic heterocycles. The highest BCUT2D eigenvalue weighted by Gasteiger charge is 2.41. The minimum absolute atomic E-state index is 0.143. The molecule has 4 N–H and O–H groups in total. The molecule has 50 heavy (non-hydrogen) atoms. The summed E-state index contributed by atoms with van der Waals surface area (Å²) in [5.41, 5.74) is 13.5. The molecule has 3 aromatic carbocycles. The second-order valence-corrected chi connectivity index (χ2v) is 17.7. The number of anilines is 2.